The van der Waals surface area contributed by atoms with Gasteiger partial charge in [0.05, 0.1) is 17.1 Å². The lowest BCUT2D eigenvalue weighted by molar-refractivity contribution is 0.581. The van der Waals surface area contributed by atoms with Crippen molar-refractivity contribution >= 4 is 21.4 Å². The van der Waals surface area contributed by atoms with Crippen LogP contribution in [0.15, 0.2) is 48.7 Å². The number of aryl methyl sites for hydroxylation is 2. The van der Waals surface area contributed by atoms with E-state index in [1.54, 1.807) is 17.5 Å². The molecule has 2 heterocycles. The lowest BCUT2D eigenvalue weighted by Gasteiger charge is -2.07. The van der Waals surface area contributed by atoms with Crippen LogP contribution in [0.4, 0.5) is 0 Å². The predicted molar refractivity (Wildman–Crippen MR) is 106 cm³/mol. The zero-order valence-corrected chi connectivity index (χ0v) is 16.4. The summed E-state index contributed by atoms with van der Waals surface area (Å²) in [7, 11) is -3.36. The Morgan fingerprint density at radius 1 is 1.12 bits per heavy atom. The molecule has 0 saturated carbocycles. The van der Waals surface area contributed by atoms with Crippen molar-refractivity contribution in [3.05, 3.63) is 70.4 Å². The lowest BCUT2D eigenvalue weighted by Crippen LogP contribution is -2.27. The number of aromatic nitrogens is 2. The molecule has 1 N–H and O–H groups in total. The Balaban J connectivity index is 1.60. The average Bonchev–Trinajstić information content (AvgIpc) is 2.96. The van der Waals surface area contributed by atoms with Gasteiger partial charge >= 0.3 is 0 Å². The summed E-state index contributed by atoms with van der Waals surface area (Å²) in [5, 5.41) is 0.862. The van der Waals surface area contributed by atoms with Crippen LogP contribution in [0.3, 0.4) is 0 Å². The van der Waals surface area contributed by atoms with Gasteiger partial charge in [-0.05, 0) is 38.0 Å². The molecule has 1 aromatic carbocycles. The SMILES string of the molecule is Cc1cccc(CS(=O)(=O)NCCc2sc(-c3ccccn3)nc2C)c1. The van der Waals surface area contributed by atoms with Crippen LogP contribution in [0, 0.1) is 13.8 Å². The highest BCUT2D eigenvalue weighted by Gasteiger charge is 2.14. The van der Waals surface area contributed by atoms with Crippen molar-refractivity contribution in [1.29, 1.82) is 0 Å². The Morgan fingerprint density at radius 3 is 2.69 bits per heavy atom. The Labute approximate surface area is 158 Å². The fraction of sp³-hybridized carbons (Fsp3) is 0.263. The van der Waals surface area contributed by atoms with E-state index in [9.17, 15) is 8.42 Å². The molecule has 5 nitrogen and oxygen atoms in total. The van der Waals surface area contributed by atoms with E-state index in [1.165, 1.54) is 0 Å². The summed E-state index contributed by atoms with van der Waals surface area (Å²) in [6.07, 6.45) is 2.36. The molecule has 136 valence electrons. The molecule has 0 amide bonds. The zero-order valence-electron chi connectivity index (χ0n) is 14.8. The zero-order chi connectivity index (χ0) is 18.6. The summed E-state index contributed by atoms with van der Waals surface area (Å²) in [4.78, 5) is 9.94. The molecule has 0 aliphatic heterocycles. The Morgan fingerprint density at radius 2 is 1.96 bits per heavy atom. The van der Waals surface area contributed by atoms with Crippen molar-refractivity contribution in [2.24, 2.45) is 0 Å². The second kappa shape index (κ2) is 8.07. The number of pyridine rings is 1. The van der Waals surface area contributed by atoms with E-state index < -0.39 is 10.0 Å². The molecule has 0 fully saturated rings. The van der Waals surface area contributed by atoms with Crippen molar-refractivity contribution < 1.29 is 8.42 Å². The molecule has 2 aromatic heterocycles. The first-order valence-electron chi connectivity index (χ1n) is 8.33. The molecule has 7 heteroatoms. The van der Waals surface area contributed by atoms with Gasteiger partial charge in [0.15, 0.2) is 0 Å². The molecular formula is C19H21N3O2S2. The van der Waals surface area contributed by atoms with Crippen LogP contribution in [0.2, 0.25) is 0 Å². The van der Waals surface area contributed by atoms with E-state index in [0.29, 0.717) is 13.0 Å². The van der Waals surface area contributed by atoms with Crippen LogP contribution in [-0.4, -0.2) is 24.9 Å². The summed E-state index contributed by atoms with van der Waals surface area (Å²) < 4.78 is 27.2. The van der Waals surface area contributed by atoms with Gasteiger partial charge in [0.25, 0.3) is 0 Å². The van der Waals surface area contributed by atoms with Gasteiger partial charge in [0.1, 0.15) is 5.01 Å². The van der Waals surface area contributed by atoms with Gasteiger partial charge in [-0.1, -0.05) is 35.9 Å². The molecule has 0 spiro atoms. The maximum Gasteiger partial charge on any atom is 0.215 e. The van der Waals surface area contributed by atoms with E-state index >= 15 is 0 Å². The second-order valence-electron chi connectivity index (χ2n) is 6.14. The minimum atomic E-state index is -3.36. The average molecular weight is 388 g/mol. The maximum absolute atomic E-state index is 12.3. The molecule has 0 atom stereocenters. The number of nitrogens with one attached hydrogen (secondary N) is 1. The number of benzene rings is 1. The predicted octanol–water partition coefficient (Wildman–Crippen LogP) is 3.48. The highest BCUT2D eigenvalue weighted by Crippen LogP contribution is 2.26. The van der Waals surface area contributed by atoms with Crippen molar-refractivity contribution in [2.45, 2.75) is 26.0 Å². The Kier molecular flexibility index (Phi) is 5.80. The summed E-state index contributed by atoms with van der Waals surface area (Å²) in [5.41, 5.74) is 3.62. The third kappa shape index (κ3) is 4.97. The van der Waals surface area contributed by atoms with E-state index in [0.717, 1.165) is 32.4 Å². The van der Waals surface area contributed by atoms with Crippen molar-refractivity contribution in [2.75, 3.05) is 6.54 Å². The van der Waals surface area contributed by atoms with Crippen LogP contribution in [0.1, 0.15) is 21.7 Å². The van der Waals surface area contributed by atoms with Gasteiger partial charge in [-0.25, -0.2) is 18.1 Å². The summed E-state index contributed by atoms with van der Waals surface area (Å²) in [6, 6.07) is 13.3. The number of sulfonamides is 1. The first kappa shape index (κ1) is 18.7. The van der Waals surface area contributed by atoms with Crippen LogP contribution < -0.4 is 4.72 Å². The molecule has 0 bridgehead atoms. The van der Waals surface area contributed by atoms with Gasteiger partial charge < -0.3 is 0 Å². The topological polar surface area (TPSA) is 72.0 Å². The summed E-state index contributed by atoms with van der Waals surface area (Å²) in [5.74, 6) is -0.00443. The lowest BCUT2D eigenvalue weighted by atomic mass is 10.2. The van der Waals surface area contributed by atoms with Crippen LogP contribution in [0.5, 0.6) is 0 Å². The van der Waals surface area contributed by atoms with Gasteiger partial charge in [-0.15, -0.1) is 11.3 Å². The second-order valence-corrected chi connectivity index (χ2v) is 9.03. The highest BCUT2D eigenvalue weighted by molar-refractivity contribution is 7.88. The molecule has 3 rings (SSSR count). The van der Waals surface area contributed by atoms with Gasteiger partial charge in [0, 0.05) is 17.6 Å². The van der Waals surface area contributed by atoms with Gasteiger partial charge in [0.2, 0.25) is 10.0 Å². The fourth-order valence-electron chi connectivity index (χ4n) is 2.65. The van der Waals surface area contributed by atoms with E-state index in [4.69, 9.17) is 0 Å². The molecule has 26 heavy (non-hydrogen) atoms. The van der Waals surface area contributed by atoms with Crippen LogP contribution >= 0.6 is 11.3 Å². The number of hydrogen-bond donors (Lipinski definition) is 1. The van der Waals surface area contributed by atoms with Gasteiger partial charge in [-0.3, -0.25) is 4.98 Å². The number of nitrogens with zero attached hydrogens (tertiary/aromatic N) is 2. The van der Waals surface area contributed by atoms with Crippen LogP contribution in [0.25, 0.3) is 10.7 Å². The fourth-order valence-corrected chi connectivity index (χ4v) is 4.82. The molecule has 0 unspecified atom stereocenters. The molecule has 0 aliphatic rings. The molecule has 0 aliphatic carbocycles. The first-order valence-corrected chi connectivity index (χ1v) is 10.8. The van der Waals surface area contributed by atoms with Crippen molar-refractivity contribution in [3.8, 4) is 10.7 Å². The molecule has 3 aromatic rings. The van der Waals surface area contributed by atoms with Crippen molar-refractivity contribution in [3.63, 3.8) is 0 Å². The number of rotatable bonds is 7. The quantitative estimate of drug-likeness (QED) is 0.674. The van der Waals surface area contributed by atoms with E-state index in [1.807, 2.05) is 56.3 Å². The third-order valence-corrected chi connectivity index (χ3v) is 6.49. The monoisotopic (exact) mass is 387 g/mol. The standard InChI is InChI=1S/C19H21N3O2S2/c1-14-6-5-7-16(12-14)13-26(23,24)21-11-9-18-15(2)22-19(25-18)17-8-3-4-10-20-17/h3-8,10,12,21H,9,11,13H2,1-2H3. The van der Waals surface area contributed by atoms with E-state index in [2.05, 4.69) is 14.7 Å². The first-order chi connectivity index (χ1) is 12.4. The smallest absolute Gasteiger partial charge is 0.215 e. The number of thiazole rings is 1. The Bertz CT molecular complexity index is 983. The molecular weight excluding hydrogens is 366 g/mol. The van der Waals surface area contributed by atoms with E-state index in [-0.39, 0.29) is 5.75 Å². The molecule has 0 radical (unpaired) electrons. The summed E-state index contributed by atoms with van der Waals surface area (Å²) in [6.45, 7) is 4.26. The highest BCUT2D eigenvalue weighted by atomic mass is 32.2. The maximum atomic E-state index is 12.3. The molecule has 0 saturated heterocycles. The third-order valence-electron chi connectivity index (χ3n) is 3.89. The minimum Gasteiger partial charge on any atom is -0.254 e. The number of hydrogen-bond acceptors (Lipinski definition) is 5. The largest absolute Gasteiger partial charge is 0.254 e. The normalized spacial score (nSPS) is 11.6. The minimum absolute atomic E-state index is 0.00443. The Hall–Kier alpha value is -2.09. The summed E-state index contributed by atoms with van der Waals surface area (Å²) >= 11 is 1.56. The van der Waals surface area contributed by atoms with Crippen molar-refractivity contribution in [1.82, 2.24) is 14.7 Å². The van der Waals surface area contributed by atoms with Crippen LogP contribution in [-0.2, 0) is 22.2 Å². The van der Waals surface area contributed by atoms with Gasteiger partial charge in [-0.2, -0.15) is 0 Å².